The van der Waals surface area contributed by atoms with Gasteiger partial charge in [-0.3, -0.25) is 4.79 Å². The number of benzene rings is 2. The number of rotatable bonds is 5. The Bertz CT molecular complexity index is 1160. The van der Waals surface area contributed by atoms with Gasteiger partial charge in [0, 0.05) is 16.8 Å². The normalized spacial score (nSPS) is 11.1. The highest BCUT2D eigenvalue weighted by molar-refractivity contribution is 7.99. The lowest BCUT2D eigenvalue weighted by Crippen LogP contribution is -2.18. The van der Waals surface area contributed by atoms with Crippen LogP contribution in [0.3, 0.4) is 0 Å². The zero-order chi connectivity index (χ0) is 19.7. The number of nitrogens with two attached hydrogens (primary N) is 1. The number of carbonyl (C=O) groups is 1. The number of fused-ring (bicyclic) bond motifs is 1. The van der Waals surface area contributed by atoms with E-state index >= 15 is 0 Å². The van der Waals surface area contributed by atoms with E-state index < -0.39 is 0 Å². The number of nitrogen functional groups attached to an aromatic ring is 1. The smallest absolute Gasteiger partial charge is 0.271 e. The van der Waals surface area contributed by atoms with Gasteiger partial charge in [-0.2, -0.15) is 5.10 Å². The molecule has 8 nitrogen and oxygen atoms in total. The Morgan fingerprint density at radius 3 is 2.71 bits per heavy atom. The van der Waals surface area contributed by atoms with Gasteiger partial charge in [0.2, 0.25) is 11.1 Å². The monoisotopic (exact) mass is 393 g/mol. The van der Waals surface area contributed by atoms with Crippen molar-refractivity contribution in [3.05, 3.63) is 59.9 Å². The molecule has 0 saturated carbocycles. The Morgan fingerprint density at radius 2 is 1.93 bits per heavy atom. The number of nitrogens with zero attached hydrogens (tertiary/aromatic N) is 5. The number of anilines is 1. The molecule has 28 heavy (non-hydrogen) atoms. The molecule has 0 aliphatic rings. The first kappa shape index (κ1) is 18.1. The van der Waals surface area contributed by atoms with Crippen molar-refractivity contribution in [1.29, 1.82) is 0 Å². The largest absolute Gasteiger partial charge is 0.334 e. The predicted molar refractivity (Wildman–Crippen MR) is 110 cm³/mol. The van der Waals surface area contributed by atoms with Crippen LogP contribution in [0.25, 0.3) is 16.7 Å². The Morgan fingerprint density at radius 1 is 1.14 bits per heavy atom. The molecular formula is C19H19N7OS. The molecule has 2 aromatic heterocycles. The molecule has 0 spiro atoms. The first-order valence-corrected chi connectivity index (χ1v) is 9.66. The van der Waals surface area contributed by atoms with Gasteiger partial charge in [0.05, 0.1) is 11.4 Å². The van der Waals surface area contributed by atoms with Gasteiger partial charge in [0.1, 0.15) is 0 Å². The van der Waals surface area contributed by atoms with Crippen LogP contribution in [0.15, 0.2) is 53.7 Å². The van der Waals surface area contributed by atoms with Gasteiger partial charge in [0.25, 0.3) is 5.95 Å². The molecule has 2 heterocycles. The van der Waals surface area contributed by atoms with Crippen molar-refractivity contribution < 1.29 is 4.79 Å². The van der Waals surface area contributed by atoms with Gasteiger partial charge >= 0.3 is 0 Å². The van der Waals surface area contributed by atoms with Crippen LogP contribution in [-0.2, 0) is 4.79 Å². The number of amides is 1. The lowest BCUT2D eigenvalue weighted by Gasteiger charge is -2.08. The van der Waals surface area contributed by atoms with E-state index in [-0.39, 0.29) is 11.7 Å². The molecule has 0 radical (unpaired) electrons. The number of carbonyl (C=O) groups excluding carboxylic acids is 1. The number of thioether (sulfide) groups is 1. The number of aromatic nitrogens is 5. The van der Waals surface area contributed by atoms with Crippen molar-refractivity contribution in [2.24, 2.45) is 0 Å². The molecule has 4 rings (SSSR count). The topological polar surface area (TPSA) is 104 Å². The first-order chi connectivity index (χ1) is 13.5. The summed E-state index contributed by atoms with van der Waals surface area (Å²) in [5, 5.41) is 18.0. The fourth-order valence-corrected chi connectivity index (χ4v) is 3.65. The molecule has 0 atom stereocenters. The van der Waals surface area contributed by atoms with Crippen molar-refractivity contribution in [3.63, 3.8) is 0 Å². The van der Waals surface area contributed by atoms with Crippen LogP contribution >= 0.6 is 11.8 Å². The highest BCUT2D eigenvalue weighted by Crippen LogP contribution is 2.24. The summed E-state index contributed by atoms with van der Waals surface area (Å²) >= 11 is 1.22. The van der Waals surface area contributed by atoms with Crippen LogP contribution in [0.1, 0.15) is 11.4 Å². The second-order valence-electron chi connectivity index (χ2n) is 6.36. The molecule has 9 heteroatoms. The van der Waals surface area contributed by atoms with E-state index in [0.29, 0.717) is 11.1 Å². The van der Waals surface area contributed by atoms with Crippen LogP contribution in [0.2, 0.25) is 0 Å². The molecule has 1 amide bonds. The molecule has 0 aliphatic heterocycles. The van der Waals surface area contributed by atoms with E-state index in [0.717, 1.165) is 27.8 Å². The van der Waals surface area contributed by atoms with Gasteiger partial charge in [-0.25, -0.2) is 9.36 Å². The van der Waals surface area contributed by atoms with Crippen LogP contribution < -0.4 is 11.2 Å². The molecule has 4 aromatic rings. The number of nitrogens with one attached hydrogen (secondary N) is 1. The van der Waals surface area contributed by atoms with Crippen molar-refractivity contribution in [2.45, 2.75) is 19.0 Å². The van der Waals surface area contributed by atoms with Crippen molar-refractivity contribution in [1.82, 2.24) is 24.7 Å². The molecule has 3 N–H and O–H groups in total. The Balaban J connectivity index is 1.46. The van der Waals surface area contributed by atoms with Gasteiger partial charge in [-0.15, -0.1) is 10.2 Å². The quantitative estimate of drug-likeness (QED) is 0.399. The summed E-state index contributed by atoms with van der Waals surface area (Å²) in [6.45, 7) is 3.81. The van der Waals surface area contributed by atoms with E-state index in [4.69, 9.17) is 5.84 Å². The SMILES string of the molecule is Cc1cc(C)n(-c2nnc(SCC(=O)Nc3cccc4ccccc34)n2N)n1. The lowest BCUT2D eigenvalue weighted by molar-refractivity contribution is -0.113. The Labute approximate surface area is 165 Å². The third-order valence-electron chi connectivity index (χ3n) is 4.24. The zero-order valence-electron chi connectivity index (χ0n) is 15.5. The molecule has 0 fully saturated rings. The van der Waals surface area contributed by atoms with E-state index in [1.165, 1.54) is 16.4 Å². The first-order valence-electron chi connectivity index (χ1n) is 8.67. The van der Waals surface area contributed by atoms with E-state index in [2.05, 4.69) is 20.6 Å². The maximum atomic E-state index is 12.4. The lowest BCUT2D eigenvalue weighted by atomic mass is 10.1. The molecule has 142 valence electrons. The average Bonchev–Trinajstić information content (AvgIpc) is 3.21. The van der Waals surface area contributed by atoms with Gasteiger partial charge in [-0.1, -0.05) is 48.2 Å². The molecule has 2 aromatic carbocycles. The molecule has 0 aliphatic carbocycles. The number of hydrogen-bond acceptors (Lipinski definition) is 6. The Hall–Kier alpha value is -3.33. The summed E-state index contributed by atoms with van der Waals surface area (Å²) in [6, 6.07) is 15.7. The maximum absolute atomic E-state index is 12.4. The fraction of sp³-hybridized carbons (Fsp3) is 0.158. The maximum Gasteiger partial charge on any atom is 0.271 e. The van der Waals surface area contributed by atoms with Crippen molar-refractivity contribution in [2.75, 3.05) is 16.9 Å². The highest BCUT2D eigenvalue weighted by Gasteiger charge is 2.16. The minimum absolute atomic E-state index is 0.142. The Kier molecular flexibility index (Phi) is 4.74. The van der Waals surface area contributed by atoms with E-state index in [1.54, 1.807) is 4.68 Å². The van der Waals surface area contributed by atoms with Gasteiger partial charge in [0.15, 0.2) is 0 Å². The summed E-state index contributed by atoms with van der Waals surface area (Å²) in [4.78, 5) is 12.4. The van der Waals surface area contributed by atoms with Crippen molar-refractivity contribution >= 4 is 34.1 Å². The van der Waals surface area contributed by atoms with Crippen LogP contribution in [0, 0.1) is 13.8 Å². The molecular weight excluding hydrogens is 374 g/mol. The van der Waals surface area contributed by atoms with Gasteiger partial charge in [-0.05, 0) is 31.4 Å². The molecule has 0 bridgehead atoms. The summed E-state index contributed by atoms with van der Waals surface area (Å²) in [5.74, 6) is 6.53. The number of aryl methyl sites for hydroxylation is 2. The predicted octanol–water partition coefficient (Wildman–Crippen LogP) is 2.68. The third kappa shape index (κ3) is 3.44. The number of hydrogen-bond donors (Lipinski definition) is 2. The summed E-state index contributed by atoms with van der Waals surface area (Å²) in [6.07, 6.45) is 0. The fourth-order valence-electron chi connectivity index (χ4n) is 2.99. The average molecular weight is 393 g/mol. The third-order valence-corrected chi connectivity index (χ3v) is 5.18. The summed E-state index contributed by atoms with van der Waals surface area (Å²) in [7, 11) is 0. The summed E-state index contributed by atoms with van der Waals surface area (Å²) in [5.41, 5.74) is 2.55. The standard InChI is InChI=1S/C19H19N7OS/c1-12-10-13(2)26(24-12)18-22-23-19(25(18)20)28-11-17(27)21-16-9-5-7-14-6-3-4-8-15(14)16/h3-10H,11,20H2,1-2H3,(H,21,27). The minimum atomic E-state index is -0.142. The van der Waals surface area contributed by atoms with Crippen LogP contribution in [0.5, 0.6) is 0 Å². The van der Waals surface area contributed by atoms with Gasteiger partial charge < -0.3 is 11.2 Å². The van der Waals surface area contributed by atoms with E-state index in [1.807, 2.05) is 62.4 Å². The van der Waals surface area contributed by atoms with Crippen LogP contribution in [0.4, 0.5) is 5.69 Å². The van der Waals surface area contributed by atoms with E-state index in [9.17, 15) is 4.79 Å². The zero-order valence-corrected chi connectivity index (χ0v) is 16.3. The molecule has 0 saturated heterocycles. The minimum Gasteiger partial charge on any atom is -0.334 e. The van der Waals surface area contributed by atoms with Crippen LogP contribution in [-0.4, -0.2) is 36.3 Å². The second kappa shape index (κ2) is 7.35. The highest BCUT2D eigenvalue weighted by atomic mass is 32.2. The summed E-state index contributed by atoms with van der Waals surface area (Å²) < 4.78 is 2.97. The molecule has 0 unspecified atom stereocenters. The van der Waals surface area contributed by atoms with Crippen molar-refractivity contribution in [3.8, 4) is 5.95 Å². The second-order valence-corrected chi connectivity index (χ2v) is 7.30.